The van der Waals surface area contributed by atoms with Crippen molar-refractivity contribution in [2.75, 3.05) is 17.2 Å². The fourth-order valence-corrected chi connectivity index (χ4v) is 2.47. The average molecular weight is 350 g/mol. The van der Waals surface area contributed by atoms with Gasteiger partial charge in [-0.15, -0.1) is 0 Å². The largest absolute Gasteiger partial charge is 0.416 e. The van der Waals surface area contributed by atoms with Gasteiger partial charge >= 0.3 is 6.18 Å². The fourth-order valence-electron chi connectivity index (χ4n) is 2.47. The van der Waals surface area contributed by atoms with Crippen LogP contribution in [-0.4, -0.2) is 12.5 Å². The van der Waals surface area contributed by atoms with Gasteiger partial charge in [0.2, 0.25) is 5.91 Å². The van der Waals surface area contributed by atoms with E-state index in [4.69, 9.17) is 0 Å². The summed E-state index contributed by atoms with van der Waals surface area (Å²) < 4.78 is 38.0. The third kappa shape index (κ3) is 5.52. The van der Waals surface area contributed by atoms with Crippen LogP contribution < -0.4 is 10.6 Å². The first-order chi connectivity index (χ1) is 11.8. The highest BCUT2D eigenvalue weighted by Gasteiger charge is 2.30. The van der Waals surface area contributed by atoms with E-state index in [1.165, 1.54) is 12.1 Å². The molecule has 0 atom stereocenters. The topological polar surface area (TPSA) is 41.1 Å². The normalized spacial score (nSPS) is 11.4. The van der Waals surface area contributed by atoms with Crippen molar-refractivity contribution >= 4 is 17.3 Å². The minimum Gasteiger partial charge on any atom is -0.384 e. The number of hydrogen-bond donors (Lipinski definition) is 2. The second-order valence-electron chi connectivity index (χ2n) is 6.05. The lowest BCUT2D eigenvalue weighted by Gasteiger charge is -2.14. The van der Waals surface area contributed by atoms with Gasteiger partial charge in [0, 0.05) is 24.3 Å². The van der Waals surface area contributed by atoms with E-state index in [2.05, 4.69) is 24.5 Å². The summed E-state index contributed by atoms with van der Waals surface area (Å²) in [7, 11) is 0. The molecule has 0 bridgehead atoms. The molecule has 0 saturated carbocycles. The lowest BCUT2D eigenvalue weighted by atomic mass is 10.0. The maximum Gasteiger partial charge on any atom is 0.416 e. The maximum atomic E-state index is 12.7. The second-order valence-corrected chi connectivity index (χ2v) is 6.05. The lowest BCUT2D eigenvalue weighted by molar-refractivity contribution is -0.137. The van der Waals surface area contributed by atoms with Crippen LogP contribution >= 0.6 is 0 Å². The number of halogens is 3. The van der Waals surface area contributed by atoms with Crippen molar-refractivity contribution in [2.45, 2.75) is 32.4 Å². The molecule has 25 heavy (non-hydrogen) atoms. The molecule has 0 aliphatic carbocycles. The van der Waals surface area contributed by atoms with Crippen LogP contribution in [0.25, 0.3) is 0 Å². The molecule has 1 amide bonds. The third-order valence-electron chi connectivity index (χ3n) is 3.72. The third-order valence-corrected chi connectivity index (χ3v) is 3.72. The molecule has 0 unspecified atom stereocenters. The van der Waals surface area contributed by atoms with E-state index < -0.39 is 11.7 Å². The monoisotopic (exact) mass is 350 g/mol. The first kappa shape index (κ1) is 18.8. The Labute approximate surface area is 145 Å². The molecule has 2 N–H and O–H groups in total. The van der Waals surface area contributed by atoms with Crippen LogP contribution in [0, 0.1) is 0 Å². The number of anilines is 2. The predicted octanol–water partition coefficient (Wildman–Crippen LogP) is 5.27. The summed E-state index contributed by atoms with van der Waals surface area (Å²) in [5, 5.41) is 5.71. The fraction of sp³-hybridized carbons (Fsp3) is 0.316. The molecule has 0 aliphatic rings. The van der Waals surface area contributed by atoms with Gasteiger partial charge in [-0.1, -0.05) is 38.1 Å². The van der Waals surface area contributed by atoms with E-state index >= 15 is 0 Å². The Kier molecular flexibility index (Phi) is 6.07. The number of benzene rings is 2. The number of nitrogens with one attached hydrogen (secondary N) is 2. The van der Waals surface area contributed by atoms with E-state index in [-0.39, 0.29) is 18.0 Å². The van der Waals surface area contributed by atoms with Crippen molar-refractivity contribution in [1.29, 1.82) is 0 Å². The Morgan fingerprint density at radius 3 is 2.48 bits per heavy atom. The predicted molar refractivity (Wildman–Crippen MR) is 93.7 cm³/mol. The van der Waals surface area contributed by atoms with Gasteiger partial charge in [-0.05, 0) is 35.7 Å². The molecule has 2 rings (SSSR count). The van der Waals surface area contributed by atoms with Crippen molar-refractivity contribution in [3.63, 3.8) is 0 Å². The molecule has 0 aliphatic heterocycles. The van der Waals surface area contributed by atoms with Crippen molar-refractivity contribution in [2.24, 2.45) is 0 Å². The van der Waals surface area contributed by atoms with E-state index in [0.29, 0.717) is 12.5 Å². The molecule has 0 aromatic heterocycles. The summed E-state index contributed by atoms with van der Waals surface area (Å²) in [6, 6.07) is 12.5. The molecule has 6 heteroatoms. The summed E-state index contributed by atoms with van der Waals surface area (Å²) in [5.41, 5.74) is 1.47. The molecule has 0 saturated heterocycles. The summed E-state index contributed by atoms with van der Waals surface area (Å²) in [6.07, 6.45) is -4.27. The highest BCUT2D eigenvalue weighted by molar-refractivity contribution is 5.91. The van der Waals surface area contributed by atoms with Gasteiger partial charge in [0.25, 0.3) is 0 Å². The highest BCUT2D eigenvalue weighted by atomic mass is 19.4. The van der Waals surface area contributed by atoms with Crippen molar-refractivity contribution in [3.05, 3.63) is 59.7 Å². The molecule has 0 heterocycles. The summed E-state index contributed by atoms with van der Waals surface area (Å²) >= 11 is 0. The van der Waals surface area contributed by atoms with Gasteiger partial charge in [-0.2, -0.15) is 13.2 Å². The Hall–Kier alpha value is -2.50. The van der Waals surface area contributed by atoms with Crippen LogP contribution in [0.3, 0.4) is 0 Å². The summed E-state index contributed by atoms with van der Waals surface area (Å²) in [5.74, 6) is 0.0106. The van der Waals surface area contributed by atoms with E-state index in [1.807, 2.05) is 24.3 Å². The Balaban J connectivity index is 1.90. The van der Waals surface area contributed by atoms with Gasteiger partial charge < -0.3 is 10.6 Å². The number of alkyl halides is 3. The zero-order chi connectivity index (χ0) is 18.4. The second kappa shape index (κ2) is 8.05. The number of hydrogen-bond acceptors (Lipinski definition) is 2. The van der Waals surface area contributed by atoms with E-state index in [1.54, 1.807) is 0 Å². The van der Waals surface area contributed by atoms with Crippen LogP contribution in [-0.2, 0) is 11.0 Å². The number of amides is 1. The van der Waals surface area contributed by atoms with E-state index in [0.717, 1.165) is 23.4 Å². The highest BCUT2D eigenvalue weighted by Crippen LogP contribution is 2.30. The molecule has 134 valence electrons. The Bertz CT molecular complexity index is 727. The number of carbonyl (C=O) groups is 1. The average Bonchev–Trinajstić information content (AvgIpc) is 2.54. The number of carbonyl (C=O) groups excluding carboxylic acids is 1. The van der Waals surface area contributed by atoms with Crippen molar-refractivity contribution in [3.8, 4) is 0 Å². The Morgan fingerprint density at radius 2 is 1.80 bits per heavy atom. The first-order valence-electron chi connectivity index (χ1n) is 8.07. The van der Waals surface area contributed by atoms with Gasteiger partial charge in [0.05, 0.1) is 5.56 Å². The quantitative estimate of drug-likeness (QED) is 0.745. The van der Waals surface area contributed by atoms with Crippen molar-refractivity contribution < 1.29 is 18.0 Å². The Morgan fingerprint density at radius 1 is 1.08 bits per heavy atom. The minimum absolute atomic E-state index is 0.141. The van der Waals surface area contributed by atoms with Crippen LogP contribution in [0.4, 0.5) is 24.5 Å². The van der Waals surface area contributed by atoms with Crippen LogP contribution in [0.1, 0.15) is 37.3 Å². The molecular formula is C19H21F3N2O. The van der Waals surface area contributed by atoms with Gasteiger partial charge in [-0.25, -0.2) is 0 Å². The molecular weight excluding hydrogens is 329 g/mol. The molecule has 3 nitrogen and oxygen atoms in total. The van der Waals surface area contributed by atoms with Gasteiger partial charge in [0.15, 0.2) is 0 Å². The van der Waals surface area contributed by atoms with Gasteiger partial charge in [-0.3, -0.25) is 4.79 Å². The maximum absolute atomic E-state index is 12.7. The summed E-state index contributed by atoms with van der Waals surface area (Å²) in [6.45, 7) is 4.57. The van der Waals surface area contributed by atoms with Gasteiger partial charge in [0.1, 0.15) is 0 Å². The number of rotatable bonds is 6. The lowest BCUT2D eigenvalue weighted by Crippen LogP contribution is -2.17. The molecule has 0 spiro atoms. The van der Waals surface area contributed by atoms with Crippen molar-refractivity contribution in [1.82, 2.24) is 0 Å². The zero-order valence-corrected chi connectivity index (χ0v) is 14.2. The zero-order valence-electron chi connectivity index (χ0n) is 14.2. The van der Waals surface area contributed by atoms with Crippen LogP contribution in [0.15, 0.2) is 48.5 Å². The minimum atomic E-state index is -4.43. The van der Waals surface area contributed by atoms with E-state index in [9.17, 15) is 18.0 Å². The molecule has 2 aromatic carbocycles. The van der Waals surface area contributed by atoms with Crippen LogP contribution in [0.5, 0.6) is 0 Å². The number of para-hydroxylation sites is 1. The standard InChI is InChI=1S/C19H21F3N2O/c1-13(2)16-8-3-4-9-17(16)23-11-10-18(25)24-15-7-5-6-14(12-15)19(20,21)22/h3-9,12-13,23H,10-11H2,1-2H3,(H,24,25). The smallest absolute Gasteiger partial charge is 0.384 e. The first-order valence-corrected chi connectivity index (χ1v) is 8.07. The summed E-state index contributed by atoms with van der Waals surface area (Å²) in [4.78, 5) is 12.0. The molecule has 0 radical (unpaired) electrons. The van der Waals surface area contributed by atoms with Crippen LogP contribution in [0.2, 0.25) is 0 Å². The molecule has 2 aromatic rings. The molecule has 0 fully saturated rings. The SMILES string of the molecule is CC(C)c1ccccc1NCCC(=O)Nc1cccc(C(F)(F)F)c1.